The fraction of sp³-hybridized carbons (Fsp3) is 0.250. The van der Waals surface area contributed by atoms with Crippen LogP contribution >= 0.6 is 0 Å². The summed E-state index contributed by atoms with van der Waals surface area (Å²) in [6, 6.07) is 7.82. The highest BCUT2D eigenvalue weighted by atomic mass is 32.2. The van der Waals surface area contributed by atoms with Crippen molar-refractivity contribution in [2.24, 2.45) is 0 Å². The summed E-state index contributed by atoms with van der Waals surface area (Å²) in [5.74, 6) is -0.0370. The van der Waals surface area contributed by atoms with Gasteiger partial charge in [0, 0.05) is 12.1 Å². The molecule has 128 valence electrons. The highest BCUT2D eigenvalue weighted by Crippen LogP contribution is 2.32. The number of rotatable bonds is 4. The van der Waals surface area contributed by atoms with Gasteiger partial charge in [0.1, 0.15) is 29.7 Å². The van der Waals surface area contributed by atoms with Crippen LogP contribution in [0.15, 0.2) is 41.3 Å². The number of hydrogen-bond donors (Lipinski definition) is 1. The van der Waals surface area contributed by atoms with Gasteiger partial charge in [-0.25, -0.2) is 4.39 Å². The van der Waals surface area contributed by atoms with Gasteiger partial charge >= 0.3 is 0 Å². The first kappa shape index (κ1) is 16.5. The largest absolute Gasteiger partial charge is 0.508 e. The lowest BCUT2D eigenvalue weighted by Crippen LogP contribution is -2.34. The van der Waals surface area contributed by atoms with Gasteiger partial charge in [0.05, 0.1) is 0 Å². The Balaban J connectivity index is 1.70. The maximum atomic E-state index is 13.1. The number of benzene rings is 2. The molecule has 1 aliphatic heterocycles. The maximum Gasteiger partial charge on any atom is 0.297 e. The molecule has 1 atom stereocenters. The fourth-order valence-corrected chi connectivity index (χ4v) is 3.44. The Morgan fingerprint density at radius 2 is 2.04 bits per heavy atom. The van der Waals surface area contributed by atoms with Crippen molar-refractivity contribution in [3.63, 3.8) is 0 Å². The average molecular weight is 354 g/mol. The molecule has 1 unspecified atom stereocenters. The molecule has 3 rings (SSSR count). The quantitative estimate of drug-likeness (QED) is 0.849. The van der Waals surface area contributed by atoms with E-state index in [0.717, 1.165) is 6.07 Å². The van der Waals surface area contributed by atoms with E-state index in [-0.39, 0.29) is 29.6 Å². The minimum atomic E-state index is -4.05. The maximum absolute atomic E-state index is 13.1. The van der Waals surface area contributed by atoms with E-state index in [1.165, 1.54) is 30.3 Å². The molecule has 0 spiro atoms. The van der Waals surface area contributed by atoms with E-state index >= 15 is 0 Å². The Morgan fingerprint density at radius 3 is 2.83 bits per heavy atom. The van der Waals surface area contributed by atoms with Gasteiger partial charge in [0.2, 0.25) is 0 Å². The van der Waals surface area contributed by atoms with Crippen molar-refractivity contribution in [1.29, 1.82) is 0 Å². The zero-order valence-electron chi connectivity index (χ0n) is 12.7. The molecule has 1 N–H and O–H groups in total. The van der Waals surface area contributed by atoms with Crippen LogP contribution in [0, 0.1) is 12.7 Å². The zero-order valence-corrected chi connectivity index (χ0v) is 13.5. The molecular weight excluding hydrogens is 339 g/mol. The molecule has 0 aliphatic carbocycles. The van der Waals surface area contributed by atoms with Crippen LogP contribution in [0.3, 0.4) is 0 Å². The Bertz CT molecular complexity index is 865. The molecule has 2 aromatic rings. The first-order valence-electron chi connectivity index (χ1n) is 7.13. The summed E-state index contributed by atoms with van der Waals surface area (Å²) < 4.78 is 53.5. The highest BCUT2D eigenvalue weighted by molar-refractivity contribution is 7.86. The first-order chi connectivity index (χ1) is 11.3. The number of aryl methyl sites for hydroxylation is 1. The summed E-state index contributed by atoms with van der Waals surface area (Å²) in [4.78, 5) is -0.110. The van der Waals surface area contributed by atoms with E-state index in [1.54, 1.807) is 6.92 Å². The van der Waals surface area contributed by atoms with Gasteiger partial charge in [0.25, 0.3) is 10.1 Å². The zero-order chi connectivity index (χ0) is 17.3. The summed E-state index contributed by atoms with van der Waals surface area (Å²) in [5.41, 5.74) is 0.453. The number of ether oxygens (including phenoxy) is 2. The lowest BCUT2D eigenvalue weighted by atomic mass is 10.2. The average Bonchev–Trinajstić information content (AvgIpc) is 2.55. The number of phenols is 1. The molecule has 24 heavy (non-hydrogen) atoms. The normalized spacial score (nSPS) is 16.8. The van der Waals surface area contributed by atoms with Crippen LogP contribution in [0.1, 0.15) is 5.56 Å². The number of fused-ring (bicyclic) bond motifs is 1. The van der Waals surface area contributed by atoms with Crippen LogP contribution in [0.2, 0.25) is 0 Å². The summed E-state index contributed by atoms with van der Waals surface area (Å²) in [5, 5.41) is 9.45. The van der Waals surface area contributed by atoms with E-state index in [9.17, 15) is 17.9 Å². The second-order valence-electron chi connectivity index (χ2n) is 5.33. The number of halogens is 1. The molecule has 8 heteroatoms. The van der Waals surface area contributed by atoms with Gasteiger partial charge in [0.15, 0.2) is 17.6 Å². The summed E-state index contributed by atoms with van der Waals surface area (Å²) in [7, 11) is -4.05. The number of hydrogen-bond acceptors (Lipinski definition) is 6. The van der Waals surface area contributed by atoms with Crippen molar-refractivity contribution in [3.05, 3.63) is 47.8 Å². The lowest BCUT2D eigenvalue weighted by molar-refractivity contribution is 0.0551. The molecule has 1 aliphatic rings. The Kier molecular flexibility index (Phi) is 4.33. The Morgan fingerprint density at radius 1 is 1.25 bits per heavy atom. The van der Waals surface area contributed by atoms with Crippen LogP contribution < -0.4 is 9.47 Å². The lowest BCUT2D eigenvalue weighted by Gasteiger charge is -2.26. The van der Waals surface area contributed by atoms with Crippen molar-refractivity contribution < 1.29 is 31.6 Å². The summed E-state index contributed by atoms with van der Waals surface area (Å²) in [6.45, 7) is 1.36. The minimum absolute atomic E-state index is 0.0327. The third-order valence-corrected chi connectivity index (χ3v) is 4.90. The van der Waals surface area contributed by atoms with E-state index in [4.69, 9.17) is 13.7 Å². The van der Waals surface area contributed by atoms with Gasteiger partial charge in [-0.3, -0.25) is 4.18 Å². The molecule has 0 aromatic heterocycles. The second kappa shape index (κ2) is 6.29. The topological polar surface area (TPSA) is 82.1 Å². The molecule has 0 saturated heterocycles. The van der Waals surface area contributed by atoms with Crippen LogP contribution in [-0.2, 0) is 14.3 Å². The van der Waals surface area contributed by atoms with Crippen molar-refractivity contribution in [2.75, 3.05) is 13.2 Å². The van der Waals surface area contributed by atoms with E-state index in [2.05, 4.69) is 0 Å². The fourth-order valence-electron chi connectivity index (χ4n) is 2.26. The van der Waals surface area contributed by atoms with Crippen molar-refractivity contribution >= 4 is 10.1 Å². The predicted octanol–water partition coefficient (Wildman–Crippen LogP) is 2.39. The van der Waals surface area contributed by atoms with Crippen LogP contribution in [0.4, 0.5) is 4.39 Å². The molecule has 2 aromatic carbocycles. The van der Waals surface area contributed by atoms with Crippen molar-refractivity contribution in [2.45, 2.75) is 17.9 Å². The predicted molar refractivity (Wildman–Crippen MR) is 82.3 cm³/mol. The Hall–Kier alpha value is -2.32. The highest BCUT2D eigenvalue weighted by Gasteiger charge is 2.26. The number of aromatic hydroxyl groups is 1. The van der Waals surface area contributed by atoms with Crippen LogP contribution in [0.25, 0.3) is 0 Å². The minimum Gasteiger partial charge on any atom is -0.508 e. The summed E-state index contributed by atoms with van der Waals surface area (Å²) >= 11 is 0. The van der Waals surface area contributed by atoms with Gasteiger partial charge in [-0.2, -0.15) is 8.42 Å². The van der Waals surface area contributed by atoms with Gasteiger partial charge < -0.3 is 14.6 Å². The van der Waals surface area contributed by atoms with E-state index < -0.39 is 22.0 Å². The smallest absolute Gasteiger partial charge is 0.297 e. The number of phenolic OH excluding ortho intramolecular Hbond substituents is 1. The third kappa shape index (κ3) is 3.44. The molecule has 0 bridgehead atoms. The molecular formula is C16H15FO6S. The van der Waals surface area contributed by atoms with Crippen molar-refractivity contribution in [1.82, 2.24) is 0 Å². The van der Waals surface area contributed by atoms with E-state index in [1.807, 2.05) is 0 Å². The van der Waals surface area contributed by atoms with E-state index in [0.29, 0.717) is 11.3 Å². The first-order valence-corrected chi connectivity index (χ1v) is 8.54. The molecule has 0 amide bonds. The second-order valence-corrected chi connectivity index (χ2v) is 6.91. The monoisotopic (exact) mass is 354 g/mol. The van der Waals surface area contributed by atoms with Crippen LogP contribution in [0.5, 0.6) is 17.2 Å². The van der Waals surface area contributed by atoms with Crippen molar-refractivity contribution in [3.8, 4) is 17.2 Å². The van der Waals surface area contributed by atoms with Gasteiger partial charge in [-0.15, -0.1) is 0 Å². The Labute approximate surface area is 138 Å². The molecule has 1 heterocycles. The SMILES string of the molecule is Cc1ccc(O)cc1S(=O)(=O)OCC1COc2cc(F)ccc2O1. The third-order valence-electron chi connectivity index (χ3n) is 3.47. The van der Waals surface area contributed by atoms with Gasteiger partial charge in [-0.1, -0.05) is 6.07 Å². The molecule has 0 fully saturated rings. The summed E-state index contributed by atoms with van der Waals surface area (Å²) in [6.07, 6.45) is -0.657. The molecule has 0 radical (unpaired) electrons. The molecule has 6 nitrogen and oxygen atoms in total. The molecule has 0 saturated carbocycles. The van der Waals surface area contributed by atoms with Crippen LogP contribution in [-0.4, -0.2) is 32.8 Å². The van der Waals surface area contributed by atoms with Gasteiger partial charge in [-0.05, 0) is 30.7 Å². The standard InChI is InChI=1S/C16H15FO6S/c1-10-2-4-12(18)7-16(10)24(19,20)22-9-13-8-21-15-6-11(17)3-5-14(15)23-13/h2-7,13,18H,8-9H2,1H3.